The molecule has 8 heteroatoms. The zero-order valence-electron chi connectivity index (χ0n) is 16.7. The van der Waals surface area contributed by atoms with E-state index in [0.29, 0.717) is 31.3 Å². The van der Waals surface area contributed by atoms with Crippen LogP contribution in [-0.2, 0) is 28.5 Å². The van der Waals surface area contributed by atoms with Gasteiger partial charge in [-0.1, -0.05) is 0 Å². The summed E-state index contributed by atoms with van der Waals surface area (Å²) >= 11 is 0. The molecule has 0 radical (unpaired) electrons. The molecule has 6 nitrogen and oxygen atoms in total. The fourth-order valence-corrected chi connectivity index (χ4v) is 5.57. The van der Waals surface area contributed by atoms with Crippen molar-refractivity contribution < 1.29 is 37.3 Å². The van der Waals surface area contributed by atoms with Crippen LogP contribution in [0.2, 0.25) is 0 Å². The summed E-state index contributed by atoms with van der Waals surface area (Å²) in [4.78, 5) is 22.9. The maximum atomic E-state index is 12.8. The average molecular weight is 404 g/mol. The Kier molecular flexibility index (Phi) is 6.29. The number of hydrogen-bond donors (Lipinski definition) is 0. The van der Waals surface area contributed by atoms with Crippen LogP contribution in [0.3, 0.4) is 0 Å². The summed E-state index contributed by atoms with van der Waals surface area (Å²) in [6.45, 7) is 4.36. The van der Waals surface area contributed by atoms with Crippen LogP contribution in [0.4, 0.5) is 8.78 Å². The second-order valence-corrected chi connectivity index (χ2v) is 8.72. The first kappa shape index (κ1) is 21.4. The lowest BCUT2D eigenvalue weighted by atomic mass is 9.49. The number of alkyl halides is 2. The molecule has 3 unspecified atom stereocenters. The van der Waals surface area contributed by atoms with Crippen LogP contribution in [0, 0.1) is 23.2 Å². The zero-order valence-corrected chi connectivity index (χ0v) is 16.7. The van der Waals surface area contributed by atoms with Gasteiger partial charge in [0.15, 0.2) is 12.9 Å². The Morgan fingerprint density at radius 3 is 2.36 bits per heavy atom. The molecule has 4 aliphatic rings. The highest BCUT2D eigenvalue weighted by Gasteiger charge is 2.56. The third kappa shape index (κ3) is 4.82. The minimum Gasteiger partial charge on any atom is -0.463 e. The SMILES string of the molecule is CCOC(C)OC1C2CC3CC1CC(COC(=O)COC(=O)C(C)(F)F)(C3)C2. The van der Waals surface area contributed by atoms with E-state index < -0.39 is 24.5 Å². The summed E-state index contributed by atoms with van der Waals surface area (Å²) in [5.74, 6) is -4.67. The molecule has 0 aliphatic heterocycles. The van der Waals surface area contributed by atoms with Gasteiger partial charge in [0.05, 0.1) is 12.7 Å². The highest BCUT2D eigenvalue weighted by Crippen LogP contribution is 2.61. The lowest BCUT2D eigenvalue weighted by Crippen LogP contribution is -2.56. The Balaban J connectivity index is 1.51. The molecule has 0 aromatic heterocycles. The Labute approximate surface area is 164 Å². The first-order chi connectivity index (χ1) is 13.1. The molecule has 0 heterocycles. The molecule has 4 aliphatic carbocycles. The van der Waals surface area contributed by atoms with Gasteiger partial charge in [-0.25, -0.2) is 9.59 Å². The molecular weight excluding hydrogens is 374 g/mol. The topological polar surface area (TPSA) is 71.1 Å². The number of carbonyl (C=O) groups excluding carboxylic acids is 2. The number of esters is 2. The van der Waals surface area contributed by atoms with E-state index in [4.69, 9.17) is 14.2 Å². The highest BCUT2D eigenvalue weighted by atomic mass is 19.3. The molecule has 4 bridgehead atoms. The van der Waals surface area contributed by atoms with Gasteiger partial charge in [0.2, 0.25) is 0 Å². The Bertz CT molecular complexity index is 574. The Morgan fingerprint density at radius 1 is 1.14 bits per heavy atom. The Morgan fingerprint density at radius 2 is 1.79 bits per heavy atom. The van der Waals surface area contributed by atoms with Gasteiger partial charge in [0.25, 0.3) is 0 Å². The molecule has 4 fully saturated rings. The van der Waals surface area contributed by atoms with Crippen molar-refractivity contribution in [2.24, 2.45) is 23.2 Å². The van der Waals surface area contributed by atoms with Crippen LogP contribution in [0.15, 0.2) is 0 Å². The van der Waals surface area contributed by atoms with Gasteiger partial charge in [0.1, 0.15) is 0 Å². The van der Waals surface area contributed by atoms with Crippen LogP contribution in [0.25, 0.3) is 0 Å². The molecule has 4 rings (SSSR count). The molecule has 160 valence electrons. The lowest BCUT2D eigenvalue weighted by molar-refractivity contribution is -0.235. The second-order valence-electron chi connectivity index (χ2n) is 8.72. The third-order valence-corrected chi connectivity index (χ3v) is 6.28. The van der Waals surface area contributed by atoms with E-state index in [-0.39, 0.29) is 24.4 Å². The third-order valence-electron chi connectivity index (χ3n) is 6.28. The van der Waals surface area contributed by atoms with Gasteiger partial charge < -0.3 is 18.9 Å². The van der Waals surface area contributed by atoms with Crippen molar-refractivity contribution in [3.8, 4) is 0 Å². The van der Waals surface area contributed by atoms with Crippen molar-refractivity contribution in [1.29, 1.82) is 0 Å². The van der Waals surface area contributed by atoms with Crippen LogP contribution < -0.4 is 0 Å². The van der Waals surface area contributed by atoms with E-state index in [0.717, 1.165) is 32.1 Å². The normalized spacial score (nSPS) is 34.9. The molecule has 0 N–H and O–H groups in total. The van der Waals surface area contributed by atoms with Gasteiger partial charge >= 0.3 is 17.9 Å². The monoisotopic (exact) mass is 404 g/mol. The summed E-state index contributed by atoms with van der Waals surface area (Å²) in [7, 11) is 0. The molecule has 0 saturated heterocycles. The largest absolute Gasteiger partial charge is 0.463 e. The predicted molar refractivity (Wildman–Crippen MR) is 94.5 cm³/mol. The standard InChI is InChI=1S/C20H30F2O6/c1-4-25-12(2)28-17-14-5-13-6-15(17)9-20(7-13,8-14)11-27-16(23)10-26-18(24)19(3,21)22/h12-15,17H,4-11H2,1-3H3. The molecule has 28 heavy (non-hydrogen) atoms. The number of rotatable bonds is 9. The van der Waals surface area contributed by atoms with Gasteiger partial charge in [0, 0.05) is 18.9 Å². The number of carbonyl (C=O) groups is 2. The Hall–Kier alpha value is -1.28. The van der Waals surface area contributed by atoms with Crippen LogP contribution >= 0.6 is 0 Å². The summed E-state index contributed by atoms with van der Waals surface area (Å²) in [6.07, 6.45) is 5.04. The molecule has 0 amide bonds. The quantitative estimate of drug-likeness (QED) is 0.434. The fourth-order valence-electron chi connectivity index (χ4n) is 5.57. The van der Waals surface area contributed by atoms with E-state index in [1.165, 1.54) is 0 Å². The van der Waals surface area contributed by atoms with Crippen LogP contribution in [-0.4, -0.2) is 50.1 Å². The molecule has 0 spiro atoms. The zero-order chi connectivity index (χ0) is 20.5. The molecule has 0 aromatic rings. The maximum Gasteiger partial charge on any atom is 0.377 e. The van der Waals surface area contributed by atoms with E-state index >= 15 is 0 Å². The number of ether oxygens (including phenoxy) is 4. The van der Waals surface area contributed by atoms with Crippen molar-refractivity contribution in [2.45, 2.75) is 71.2 Å². The summed E-state index contributed by atoms with van der Waals surface area (Å²) in [5, 5.41) is 0. The summed E-state index contributed by atoms with van der Waals surface area (Å²) in [6, 6.07) is 0. The van der Waals surface area contributed by atoms with Crippen LogP contribution in [0.1, 0.15) is 52.9 Å². The second kappa shape index (κ2) is 8.22. The molecule has 3 atom stereocenters. The van der Waals surface area contributed by atoms with Crippen molar-refractivity contribution in [1.82, 2.24) is 0 Å². The summed E-state index contributed by atoms with van der Waals surface area (Å²) in [5.41, 5.74) is -0.0838. The average Bonchev–Trinajstić information content (AvgIpc) is 2.60. The first-order valence-corrected chi connectivity index (χ1v) is 10.1. The van der Waals surface area contributed by atoms with Gasteiger partial charge in [-0.15, -0.1) is 0 Å². The number of hydrogen-bond acceptors (Lipinski definition) is 6. The summed E-state index contributed by atoms with van der Waals surface area (Å²) < 4.78 is 46.9. The lowest BCUT2D eigenvalue weighted by Gasteiger charge is -2.59. The predicted octanol–water partition coefficient (Wildman–Crippen LogP) is 3.32. The molecule has 0 aromatic carbocycles. The smallest absolute Gasteiger partial charge is 0.377 e. The van der Waals surface area contributed by atoms with Crippen molar-refractivity contribution in [2.75, 3.05) is 19.8 Å². The van der Waals surface area contributed by atoms with E-state index in [2.05, 4.69) is 4.74 Å². The number of halogens is 2. The van der Waals surface area contributed by atoms with E-state index in [1.54, 1.807) is 0 Å². The first-order valence-electron chi connectivity index (χ1n) is 10.1. The van der Waals surface area contributed by atoms with Crippen molar-refractivity contribution in [3.05, 3.63) is 0 Å². The van der Waals surface area contributed by atoms with Gasteiger partial charge in [-0.2, -0.15) is 8.78 Å². The molecular formula is C20H30F2O6. The minimum absolute atomic E-state index is 0.0838. The molecule has 4 saturated carbocycles. The van der Waals surface area contributed by atoms with Crippen LogP contribution in [0.5, 0.6) is 0 Å². The van der Waals surface area contributed by atoms with Gasteiger partial charge in [-0.3, -0.25) is 0 Å². The van der Waals surface area contributed by atoms with Gasteiger partial charge in [-0.05, 0) is 63.7 Å². The fraction of sp³-hybridized carbons (Fsp3) is 0.900. The maximum absolute atomic E-state index is 12.8. The van der Waals surface area contributed by atoms with E-state index in [9.17, 15) is 18.4 Å². The minimum atomic E-state index is -3.62. The van der Waals surface area contributed by atoms with Crippen molar-refractivity contribution >= 4 is 11.9 Å². The highest BCUT2D eigenvalue weighted by molar-refractivity contribution is 5.80. The van der Waals surface area contributed by atoms with Crippen molar-refractivity contribution in [3.63, 3.8) is 0 Å². The van der Waals surface area contributed by atoms with E-state index in [1.807, 2.05) is 13.8 Å².